The largest absolute Gasteiger partial charge is 0.505 e. The van der Waals surface area contributed by atoms with Crippen LogP contribution in [0.2, 0.25) is 0 Å². The Morgan fingerprint density at radius 3 is 2.41 bits per heavy atom. The van der Waals surface area contributed by atoms with Crippen molar-refractivity contribution in [3.8, 4) is 5.75 Å². The topological polar surface area (TPSA) is 104 Å². The molecular formula is C10H13NO5S. The molecule has 0 aliphatic rings. The van der Waals surface area contributed by atoms with E-state index >= 15 is 0 Å². The third-order valence-corrected chi connectivity index (χ3v) is 3.88. The van der Waals surface area contributed by atoms with Crippen molar-refractivity contribution in [3.63, 3.8) is 0 Å². The smallest absolute Gasteiger partial charge is 0.339 e. The van der Waals surface area contributed by atoms with Gasteiger partial charge in [0.2, 0.25) is 10.0 Å². The zero-order valence-electron chi connectivity index (χ0n) is 9.34. The molecule has 1 aromatic carbocycles. The van der Waals surface area contributed by atoms with Crippen LogP contribution in [-0.4, -0.2) is 29.9 Å². The number of hydrogen-bond acceptors (Lipinski definition) is 4. The van der Waals surface area contributed by atoms with Gasteiger partial charge in [0.05, 0.1) is 10.9 Å². The molecule has 0 saturated heterocycles. The highest BCUT2D eigenvalue weighted by molar-refractivity contribution is 7.93. The summed E-state index contributed by atoms with van der Waals surface area (Å²) in [6.07, 6.45) is 0. The molecular weight excluding hydrogens is 246 g/mol. The first kappa shape index (κ1) is 13.3. The van der Waals surface area contributed by atoms with Crippen LogP contribution >= 0.6 is 0 Å². The summed E-state index contributed by atoms with van der Waals surface area (Å²) < 4.78 is 25.3. The average Bonchev–Trinajstić information content (AvgIpc) is 2.20. The van der Waals surface area contributed by atoms with Gasteiger partial charge in [-0.1, -0.05) is 6.07 Å². The third-order valence-electron chi connectivity index (χ3n) is 2.14. The number of carboxylic acids is 1. The Kier molecular flexibility index (Phi) is 3.62. The first-order chi connectivity index (χ1) is 7.75. The van der Waals surface area contributed by atoms with Crippen molar-refractivity contribution in [2.24, 2.45) is 0 Å². The van der Waals surface area contributed by atoms with Gasteiger partial charge < -0.3 is 10.2 Å². The summed E-state index contributed by atoms with van der Waals surface area (Å²) >= 11 is 0. The number of nitrogens with one attached hydrogen (secondary N) is 1. The average molecular weight is 259 g/mol. The van der Waals surface area contributed by atoms with Gasteiger partial charge in [-0.3, -0.25) is 4.72 Å². The molecule has 6 nitrogen and oxygen atoms in total. The number of para-hydroxylation sites is 1. The first-order valence-electron chi connectivity index (χ1n) is 4.82. The van der Waals surface area contributed by atoms with Crippen molar-refractivity contribution >= 4 is 21.7 Å². The van der Waals surface area contributed by atoms with Gasteiger partial charge in [0.1, 0.15) is 5.56 Å². The SMILES string of the molecule is CC(C)S(=O)(=O)Nc1cccc(C(=O)O)c1O. The van der Waals surface area contributed by atoms with E-state index in [1.165, 1.54) is 32.0 Å². The van der Waals surface area contributed by atoms with Crippen LogP contribution in [0.3, 0.4) is 0 Å². The molecule has 17 heavy (non-hydrogen) atoms. The maximum atomic E-state index is 11.6. The minimum Gasteiger partial charge on any atom is -0.505 e. The summed E-state index contributed by atoms with van der Waals surface area (Å²) in [5.74, 6) is -1.92. The minimum absolute atomic E-state index is 0.140. The van der Waals surface area contributed by atoms with E-state index in [4.69, 9.17) is 5.11 Å². The molecule has 0 bridgehead atoms. The minimum atomic E-state index is -3.62. The predicted molar refractivity (Wildman–Crippen MR) is 62.7 cm³/mol. The second kappa shape index (κ2) is 4.62. The third kappa shape index (κ3) is 2.88. The summed E-state index contributed by atoms with van der Waals surface area (Å²) in [7, 11) is -3.62. The van der Waals surface area contributed by atoms with E-state index in [0.29, 0.717) is 0 Å². The second-order valence-corrected chi connectivity index (χ2v) is 5.94. The Hall–Kier alpha value is -1.76. The van der Waals surface area contributed by atoms with Gasteiger partial charge in [-0.2, -0.15) is 0 Å². The number of aromatic carboxylic acids is 1. The van der Waals surface area contributed by atoms with Gasteiger partial charge in [0, 0.05) is 0 Å². The van der Waals surface area contributed by atoms with Crippen molar-refractivity contribution in [1.82, 2.24) is 0 Å². The number of carbonyl (C=O) groups is 1. The van der Waals surface area contributed by atoms with Crippen LogP contribution in [0.25, 0.3) is 0 Å². The molecule has 0 heterocycles. The van der Waals surface area contributed by atoms with Crippen molar-refractivity contribution in [2.75, 3.05) is 4.72 Å². The fourth-order valence-corrected chi connectivity index (χ4v) is 1.78. The Balaban J connectivity index is 3.18. The molecule has 1 aromatic rings. The van der Waals surface area contributed by atoms with E-state index in [-0.39, 0.29) is 11.3 Å². The highest BCUT2D eigenvalue weighted by Gasteiger charge is 2.20. The molecule has 0 fully saturated rings. The molecule has 0 atom stereocenters. The molecule has 1 rings (SSSR count). The lowest BCUT2D eigenvalue weighted by Gasteiger charge is -2.12. The summed E-state index contributed by atoms with van der Waals surface area (Å²) in [4.78, 5) is 10.7. The van der Waals surface area contributed by atoms with E-state index in [1.807, 2.05) is 0 Å². The fraction of sp³-hybridized carbons (Fsp3) is 0.300. The second-order valence-electron chi connectivity index (χ2n) is 3.70. The standard InChI is InChI=1S/C10H13NO5S/c1-6(2)17(15,16)11-8-5-3-4-7(9(8)12)10(13)14/h3-6,11-12H,1-2H3,(H,13,14). The number of benzene rings is 1. The lowest BCUT2D eigenvalue weighted by atomic mass is 10.2. The number of aromatic hydroxyl groups is 1. The predicted octanol–water partition coefficient (Wildman–Crippen LogP) is 1.24. The summed E-state index contributed by atoms with van der Waals surface area (Å²) in [6, 6.07) is 3.83. The Morgan fingerprint density at radius 2 is 1.94 bits per heavy atom. The van der Waals surface area contributed by atoms with Crippen LogP contribution in [0.5, 0.6) is 5.75 Å². The first-order valence-corrected chi connectivity index (χ1v) is 6.37. The van der Waals surface area contributed by atoms with Gasteiger partial charge in [0.25, 0.3) is 0 Å². The number of carboxylic acid groups (broad SMARTS) is 1. The monoisotopic (exact) mass is 259 g/mol. The zero-order valence-corrected chi connectivity index (χ0v) is 10.2. The Bertz CT molecular complexity index is 536. The van der Waals surface area contributed by atoms with E-state index in [1.54, 1.807) is 0 Å². The molecule has 0 aliphatic carbocycles. The molecule has 0 saturated carbocycles. The van der Waals surface area contributed by atoms with Gasteiger partial charge in [-0.15, -0.1) is 0 Å². The van der Waals surface area contributed by atoms with Crippen molar-refractivity contribution < 1.29 is 23.4 Å². The number of phenols is 1. The highest BCUT2D eigenvalue weighted by atomic mass is 32.2. The van der Waals surface area contributed by atoms with Crippen LogP contribution in [-0.2, 0) is 10.0 Å². The number of sulfonamides is 1. The lowest BCUT2D eigenvalue weighted by Crippen LogP contribution is -2.22. The van der Waals surface area contributed by atoms with Crippen LogP contribution in [0.1, 0.15) is 24.2 Å². The number of rotatable bonds is 4. The van der Waals surface area contributed by atoms with Crippen LogP contribution < -0.4 is 4.72 Å². The summed E-state index contributed by atoms with van der Waals surface area (Å²) in [6.45, 7) is 2.95. The Morgan fingerprint density at radius 1 is 1.35 bits per heavy atom. The molecule has 0 spiro atoms. The number of anilines is 1. The molecule has 0 unspecified atom stereocenters. The maximum Gasteiger partial charge on any atom is 0.339 e. The van der Waals surface area contributed by atoms with Crippen LogP contribution in [0.4, 0.5) is 5.69 Å². The lowest BCUT2D eigenvalue weighted by molar-refractivity contribution is 0.0694. The van der Waals surface area contributed by atoms with Crippen LogP contribution in [0, 0.1) is 0 Å². The highest BCUT2D eigenvalue weighted by Crippen LogP contribution is 2.28. The Labute approximate surface area is 99.0 Å². The van der Waals surface area contributed by atoms with Gasteiger partial charge >= 0.3 is 5.97 Å². The van der Waals surface area contributed by atoms with Crippen molar-refractivity contribution in [1.29, 1.82) is 0 Å². The maximum absolute atomic E-state index is 11.6. The van der Waals surface area contributed by atoms with E-state index in [9.17, 15) is 18.3 Å². The van der Waals surface area contributed by atoms with Crippen molar-refractivity contribution in [3.05, 3.63) is 23.8 Å². The number of hydrogen-bond donors (Lipinski definition) is 3. The molecule has 7 heteroatoms. The molecule has 0 radical (unpaired) electrons. The van der Waals surface area contributed by atoms with E-state index in [2.05, 4.69) is 4.72 Å². The van der Waals surface area contributed by atoms with E-state index < -0.39 is 27.0 Å². The quantitative estimate of drug-likeness (QED) is 0.706. The van der Waals surface area contributed by atoms with Gasteiger partial charge in [0.15, 0.2) is 5.75 Å². The molecule has 0 aliphatic heterocycles. The molecule has 0 aromatic heterocycles. The summed E-state index contributed by atoms with van der Waals surface area (Å²) in [5.41, 5.74) is -0.493. The normalized spacial score (nSPS) is 11.5. The van der Waals surface area contributed by atoms with Gasteiger partial charge in [-0.25, -0.2) is 13.2 Å². The molecule has 0 amide bonds. The van der Waals surface area contributed by atoms with Gasteiger partial charge in [-0.05, 0) is 26.0 Å². The van der Waals surface area contributed by atoms with Crippen molar-refractivity contribution in [2.45, 2.75) is 19.1 Å². The summed E-state index contributed by atoms with van der Waals surface area (Å²) in [5, 5.41) is 17.7. The van der Waals surface area contributed by atoms with E-state index in [0.717, 1.165) is 0 Å². The zero-order chi connectivity index (χ0) is 13.2. The molecule has 3 N–H and O–H groups in total. The fourth-order valence-electron chi connectivity index (χ4n) is 1.07. The molecule has 94 valence electrons. The van der Waals surface area contributed by atoms with Crippen LogP contribution in [0.15, 0.2) is 18.2 Å².